The second-order valence-electron chi connectivity index (χ2n) is 6.86. The normalized spacial score (nSPS) is 16.4. The Balaban J connectivity index is 1.56. The Morgan fingerprint density at radius 2 is 1.81 bits per heavy atom. The van der Waals surface area contributed by atoms with E-state index in [1.165, 1.54) is 0 Å². The third kappa shape index (κ3) is 5.18. The molecule has 1 aliphatic heterocycles. The average molecular weight is 361 g/mol. The van der Waals surface area contributed by atoms with Crippen molar-refractivity contribution in [1.29, 1.82) is 5.26 Å². The number of benzene rings is 2. The minimum Gasteiger partial charge on any atom is -0.342 e. The number of likely N-dealkylation sites (tertiary alicyclic amines) is 1. The van der Waals surface area contributed by atoms with Crippen LogP contribution in [0.15, 0.2) is 54.6 Å². The Morgan fingerprint density at radius 3 is 2.52 bits per heavy atom. The molecule has 1 saturated heterocycles. The summed E-state index contributed by atoms with van der Waals surface area (Å²) in [5.74, 6) is -0.183. The molecule has 1 N–H and O–H groups in total. The molecule has 0 aromatic heterocycles. The van der Waals surface area contributed by atoms with Crippen LogP contribution in [0.5, 0.6) is 0 Å². The van der Waals surface area contributed by atoms with Gasteiger partial charge in [-0.05, 0) is 36.1 Å². The number of amides is 2. The lowest BCUT2D eigenvalue weighted by molar-refractivity contribution is -0.133. The third-order valence-corrected chi connectivity index (χ3v) is 4.85. The first-order chi connectivity index (χ1) is 13.2. The molecule has 1 heterocycles. The van der Waals surface area contributed by atoms with E-state index in [-0.39, 0.29) is 17.7 Å². The van der Waals surface area contributed by atoms with E-state index in [1.54, 1.807) is 4.90 Å². The molecule has 138 valence electrons. The Hall–Kier alpha value is -3.13. The molecule has 5 nitrogen and oxygen atoms in total. The van der Waals surface area contributed by atoms with Crippen molar-refractivity contribution in [1.82, 2.24) is 4.90 Å². The van der Waals surface area contributed by atoms with Crippen molar-refractivity contribution in [3.8, 4) is 6.07 Å². The second kappa shape index (κ2) is 9.00. The number of rotatable bonds is 5. The van der Waals surface area contributed by atoms with Crippen LogP contribution < -0.4 is 5.32 Å². The SMILES string of the molecule is N#CCc1ccc(NC(=O)C2CCCN(C(=O)Cc3ccccc3)C2)cc1. The molecule has 5 heteroatoms. The van der Waals surface area contributed by atoms with E-state index < -0.39 is 0 Å². The Labute approximate surface area is 159 Å². The Bertz CT molecular complexity index is 825. The summed E-state index contributed by atoms with van der Waals surface area (Å²) in [4.78, 5) is 27.0. The van der Waals surface area contributed by atoms with Gasteiger partial charge in [0, 0.05) is 18.8 Å². The lowest BCUT2D eigenvalue weighted by Gasteiger charge is -2.32. The summed E-state index contributed by atoms with van der Waals surface area (Å²) in [6.07, 6.45) is 2.35. The van der Waals surface area contributed by atoms with Crippen LogP contribution in [0.4, 0.5) is 5.69 Å². The standard InChI is InChI=1S/C22H23N3O2/c23-13-12-17-8-10-20(11-9-17)24-22(27)19-7-4-14-25(16-19)21(26)15-18-5-2-1-3-6-18/h1-3,5-6,8-11,19H,4,7,12,14-16H2,(H,24,27). The van der Waals surface area contributed by atoms with Crippen LogP contribution >= 0.6 is 0 Å². The van der Waals surface area contributed by atoms with Gasteiger partial charge in [-0.1, -0.05) is 42.5 Å². The lowest BCUT2D eigenvalue weighted by atomic mass is 9.96. The highest BCUT2D eigenvalue weighted by Crippen LogP contribution is 2.20. The summed E-state index contributed by atoms with van der Waals surface area (Å²) < 4.78 is 0. The fraction of sp³-hybridized carbons (Fsp3) is 0.318. The van der Waals surface area contributed by atoms with Gasteiger partial charge in [-0.15, -0.1) is 0 Å². The fourth-order valence-corrected chi connectivity index (χ4v) is 3.34. The number of nitriles is 1. The summed E-state index contributed by atoms with van der Waals surface area (Å²) in [6, 6.07) is 19.1. The summed E-state index contributed by atoms with van der Waals surface area (Å²) in [7, 11) is 0. The van der Waals surface area contributed by atoms with Crippen molar-refractivity contribution in [2.24, 2.45) is 5.92 Å². The zero-order valence-corrected chi connectivity index (χ0v) is 15.2. The van der Waals surface area contributed by atoms with Crippen molar-refractivity contribution in [2.45, 2.75) is 25.7 Å². The smallest absolute Gasteiger partial charge is 0.229 e. The average Bonchev–Trinajstić information content (AvgIpc) is 2.70. The van der Waals surface area contributed by atoms with Crippen LogP contribution in [0.1, 0.15) is 24.0 Å². The van der Waals surface area contributed by atoms with E-state index in [9.17, 15) is 9.59 Å². The zero-order chi connectivity index (χ0) is 19.1. The molecular weight excluding hydrogens is 338 g/mol. The predicted molar refractivity (Wildman–Crippen MR) is 104 cm³/mol. The summed E-state index contributed by atoms with van der Waals surface area (Å²) in [5.41, 5.74) is 2.63. The van der Waals surface area contributed by atoms with Crippen LogP contribution in [0, 0.1) is 17.2 Å². The van der Waals surface area contributed by atoms with Crippen molar-refractivity contribution in [2.75, 3.05) is 18.4 Å². The predicted octanol–water partition coefficient (Wildman–Crippen LogP) is 3.17. The summed E-state index contributed by atoms with van der Waals surface area (Å²) in [5, 5.41) is 11.6. The maximum atomic E-state index is 12.6. The first-order valence-corrected chi connectivity index (χ1v) is 9.24. The van der Waals surface area contributed by atoms with E-state index >= 15 is 0 Å². The van der Waals surface area contributed by atoms with Crippen LogP contribution in [0.3, 0.4) is 0 Å². The number of hydrogen-bond acceptors (Lipinski definition) is 3. The molecule has 1 aliphatic rings. The van der Waals surface area contributed by atoms with Gasteiger partial charge in [0.1, 0.15) is 0 Å². The molecule has 0 spiro atoms. The van der Waals surface area contributed by atoms with Gasteiger partial charge in [-0.25, -0.2) is 0 Å². The zero-order valence-electron chi connectivity index (χ0n) is 15.2. The largest absolute Gasteiger partial charge is 0.342 e. The van der Waals surface area contributed by atoms with Gasteiger partial charge in [0.05, 0.1) is 24.8 Å². The molecule has 0 aliphatic carbocycles. The lowest BCUT2D eigenvalue weighted by Crippen LogP contribution is -2.44. The number of nitrogens with one attached hydrogen (secondary N) is 1. The number of piperidine rings is 1. The molecule has 0 bridgehead atoms. The van der Waals surface area contributed by atoms with Crippen LogP contribution in [0.2, 0.25) is 0 Å². The molecule has 1 atom stereocenters. The first kappa shape index (κ1) is 18.7. The first-order valence-electron chi connectivity index (χ1n) is 9.24. The van der Waals surface area contributed by atoms with E-state index in [1.807, 2.05) is 54.6 Å². The maximum Gasteiger partial charge on any atom is 0.229 e. The summed E-state index contributed by atoms with van der Waals surface area (Å²) in [6.45, 7) is 1.17. The number of carbonyl (C=O) groups excluding carboxylic acids is 2. The van der Waals surface area contributed by atoms with Gasteiger partial charge >= 0.3 is 0 Å². The van der Waals surface area contributed by atoms with Crippen molar-refractivity contribution >= 4 is 17.5 Å². The highest BCUT2D eigenvalue weighted by Gasteiger charge is 2.28. The van der Waals surface area contributed by atoms with E-state index in [0.717, 1.165) is 29.7 Å². The number of hydrogen-bond donors (Lipinski definition) is 1. The topological polar surface area (TPSA) is 73.2 Å². The monoisotopic (exact) mass is 361 g/mol. The van der Waals surface area contributed by atoms with E-state index in [2.05, 4.69) is 11.4 Å². The van der Waals surface area contributed by atoms with Gasteiger partial charge in [0.2, 0.25) is 11.8 Å². The van der Waals surface area contributed by atoms with Crippen LogP contribution in [-0.4, -0.2) is 29.8 Å². The van der Waals surface area contributed by atoms with Crippen molar-refractivity contribution in [3.63, 3.8) is 0 Å². The van der Waals surface area contributed by atoms with Crippen LogP contribution in [0.25, 0.3) is 0 Å². The number of anilines is 1. The highest BCUT2D eigenvalue weighted by molar-refractivity contribution is 5.93. The molecular formula is C22H23N3O2. The highest BCUT2D eigenvalue weighted by atomic mass is 16.2. The van der Waals surface area contributed by atoms with Gasteiger partial charge in [-0.3, -0.25) is 9.59 Å². The molecule has 1 fully saturated rings. The molecule has 3 rings (SSSR count). The Kier molecular flexibility index (Phi) is 6.22. The molecule has 0 radical (unpaired) electrons. The molecule has 1 unspecified atom stereocenters. The Morgan fingerprint density at radius 1 is 1.07 bits per heavy atom. The maximum absolute atomic E-state index is 12.6. The molecule has 27 heavy (non-hydrogen) atoms. The minimum absolute atomic E-state index is 0.0553. The third-order valence-electron chi connectivity index (χ3n) is 4.85. The molecule has 2 aromatic carbocycles. The minimum atomic E-state index is -0.197. The van der Waals surface area contributed by atoms with E-state index in [4.69, 9.17) is 5.26 Å². The van der Waals surface area contributed by atoms with Crippen molar-refractivity contribution in [3.05, 3.63) is 65.7 Å². The number of nitrogens with zero attached hydrogens (tertiary/aromatic N) is 2. The molecule has 2 aromatic rings. The fourth-order valence-electron chi connectivity index (χ4n) is 3.34. The second-order valence-corrected chi connectivity index (χ2v) is 6.86. The van der Waals surface area contributed by atoms with Gasteiger partial charge in [-0.2, -0.15) is 5.26 Å². The van der Waals surface area contributed by atoms with Gasteiger partial charge < -0.3 is 10.2 Å². The van der Waals surface area contributed by atoms with E-state index in [0.29, 0.717) is 25.9 Å². The molecule has 2 amide bonds. The van der Waals surface area contributed by atoms with Crippen LogP contribution in [-0.2, 0) is 22.4 Å². The quantitative estimate of drug-likeness (QED) is 0.889. The van der Waals surface area contributed by atoms with Crippen molar-refractivity contribution < 1.29 is 9.59 Å². The number of carbonyl (C=O) groups is 2. The van der Waals surface area contributed by atoms with Gasteiger partial charge in [0.25, 0.3) is 0 Å². The summed E-state index contributed by atoms with van der Waals surface area (Å²) >= 11 is 0. The molecule has 0 saturated carbocycles. The van der Waals surface area contributed by atoms with Gasteiger partial charge in [0.15, 0.2) is 0 Å².